The van der Waals surface area contributed by atoms with Crippen LogP contribution < -0.4 is 0 Å². The molecule has 376 valence electrons. The maximum absolute atomic E-state index is 12.3. The first-order chi connectivity index (χ1) is 32.6. The molecule has 66 heavy (non-hydrogen) atoms. The predicted octanol–water partition coefficient (Wildman–Crippen LogP) is 18.5. The van der Waals surface area contributed by atoms with E-state index in [4.69, 9.17) is 9.47 Å². The number of aliphatic hydroxyl groups is 1. The third kappa shape index (κ3) is 53.2. The van der Waals surface area contributed by atoms with E-state index in [0.717, 1.165) is 96.3 Å². The van der Waals surface area contributed by atoms with E-state index < -0.39 is 6.10 Å². The number of carbonyl (C=O) groups is 2. The standard InChI is InChI=1S/C61H102O5/c1-3-5-7-9-11-13-15-17-19-20-21-22-23-24-25-26-27-28-29-30-31-32-33-34-35-36-37-38-39-40-42-44-46-48-50-52-54-56-61(64)66-59(57-62)58-65-60(63)55-53-51-49-47-45-43-41-18-16-14-12-10-8-6-4-2/h5,7,11,13,17-19,21-22,24-25,27-28,30-31,33-34,41,59,62H,3-4,6,8-10,12,14-16,20,23,26,29,32,35-40,42-58H2,1-2H3/b7-5-,13-11-,19-17-,22-21-,25-24-,28-27-,31-30-,34-33-,41-18-. The van der Waals surface area contributed by atoms with Crippen LogP contribution in [0.2, 0.25) is 0 Å². The highest BCUT2D eigenvalue weighted by atomic mass is 16.6. The second kappa shape index (κ2) is 55.9. The van der Waals surface area contributed by atoms with E-state index in [9.17, 15) is 14.7 Å². The van der Waals surface area contributed by atoms with Crippen LogP contribution in [0.5, 0.6) is 0 Å². The Labute approximate surface area is 408 Å². The van der Waals surface area contributed by atoms with Crippen LogP contribution in [0.4, 0.5) is 0 Å². The molecule has 1 unspecified atom stereocenters. The summed E-state index contributed by atoms with van der Waals surface area (Å²) >= 11 is 0. The molecule has 1 N–H and O–H groups in total. The summed E-state index contributed by atoms with van der Waals surface area (Å²) in [4.78, 5) is 24.4. The molecule has 0 aliphatic carbocycles. The summed E-state index contributed by atoms with van der Waals surface area (Å²) in [6, 6.07) is 0. The first kappa shape index (κ1) is 62.6. The van der Waals surface area contributed by atoms with Gasteiger partial charge in [0, 0.05) is 12.8 Å². The van der Waals surface area contributed by atoms with E-state index in [0.29, 0.717) is 12.8 Å². The quantitative estimate of drug-likeness (QED) is 0.0374. The third-order valence-electron chi connectivity index (χ3n) is 11.6. The van der Waals surface area contributed by atoms with Crippen LogP contribution in [0, 0.1) is 0 Å². The van der Waals surface area contributed by atoms with Crippen molar-refractivity contribution in [2.24, 2.45) is 0 Å². The zero-order chi connectivity index (χ0) is 47.7. The van der Waals surface area contributed by atoms with Gasteiger partial charge in [0.05, 0.1) is 6.61 Å². The lowest BCUT2D eigenvalue weighted by Crippen LogP contribution is -2.28. The monoisotopic (exact) mass is 915 g/mol. The molecule has 0 saturated carbocycles. The second-order valence-corrected chi connectivity index (χ2v) is 17.9. The zero-order valence-corrected chi connectivity index (χ0v) is 42.9. The Balaban J connectivity index is 3.55. The number of unbranched alkanes of at least 4 members (excludes halogenated alkanes) is 23. The molecule has 0 aromatic heterocycles. The molecule has 0 spiro atoms. The number of aliphatic hydroxyl groups excluding tert-OH is 1. The van der Waals surface area contributed by atoms with Gasteiger partial charge in [-0.15, -0.1) is 0 Å². The van der Waals surface area contributed by atoms with E-state index in [-0.39, 0.29) is 25.2 Å². The van der Waals surface area contributed by atoms with Crippen LogP contribution in [0.15, 0.2) is 109 Å². The number of hydrogen-bond acceptors (Lipinski definition) is 5. The van der Waals surface area contributed by atoms with Crippen molar-refractivity contribution in [1.29, 1.82) is 0 Å². The highest BCUT2D eigenvalue weighted by molar-refractivity contribution is 5.70. The molecule has 0 saturated heterocycles. The van der Waals surface area contributed by atoms with Crippen LogP contribution in [0.1, 0.15) is 245 Å². The number of esters is 2. The van der Waals surface area contributed by atoms with Crippen molar-refractivity contribution in [3.63, 3.8) is 0 Å². The first-order valence-electron chi connectivity index (χ1n) is 27.4. The molecule has 0 aromatic carbocycles. The van der Waals surface area contributed by atoms with Gasteiger partial charge in [0.2, 0.25) is 0 Å². The highest BCUT2D eigenvalue weighted by Crippen LogP contribution is 2.15. The van der Waals surface area contributed by atoms with E-state index in [1.807, 2.05) is 0 Å². The van der Waals surface area contributed by atoms with Gasteiger partial charge in [0.25, 0.3) is 0 Å². The lowest BCUT2D eigenvalue weighted by molar-refractivity contribution is -0.161. The van der Waals surface area contributed by atoms with Crippen LogP contribution >= 0.6 is 0 Å². The third-order valence-corrected chi connectivity index (χ3v) is 11.6. The Morgan fingerprint density at radius 3 is 1.00 bits per heavy atom. The predicted molar refractivity (Wildman–Crippen MR) is 288 cm³/mol. The van der Waals surface area contributed by atoms with Crippen LogP contribution in [0.25, 0.3) is 0 Å². The topological polar surface area (TPSA) is 72.8 Å². The summed E-state index contributed by atoms with van der Waals surface area (Å²) in [5.41, 5.74) is 0. The molecule has 0 heterocycles. The van der Waals surface area contributed by atoms with Gasteiger partial charge in [-0.2, -0.15) is 0 Å². The van der Waals surface area contributed by atoms with Gasteiger partial charge in [0.1, 0.15) is 6.61 Å². The molecule has 0 aliphatic rings. The molecule has 0 radical (unpaired) electrons. The molecule has 0 amide bonds. The van der Waals surface area contributed by atoms with Gasteiger partial charge in [-0.3, -0.25) is 9.59 Å². The van der Waals surface area contributed by atoms with Crippen molar-refractivity contribution in [2.45, 2.75) is 251 Å². The SMILES string of the molecule is CC/C=C\C/C=C\C/C=C\C/C=C\C/C=C\C/C=C\C/C=C\C/C=C\CCCCCCCCCCCCCCC(=O)OC(CO)COC(=O)CCCCCCC/C=C\CCCCCCCC. The van der Waals surface area contributed by atoms with Gasteiger partial charge < -0.3 is 14.6 Å². The molecule has 0 bridgehead atoms. The second-order valence-electron chi connectivity index (χ2n) is 17.9. The Bertz CT molecular complexity index is 1310. The maximum Gasteiger partial charge on any atom is 0.306 e. The Morgan fingerprint density at radius 2 is 0.652 bits per heavy atom. The maximum atomic E-state index is 12.3. The molecule has 1 atom stereocenters. The van der Waals surface area contributed by atoms with E-state index in [2.05, 4.69) is 123 Å². The summed E-state index contributed by atoms with van der Waals surface area (Å²) < 4.78 is 10.7. The Kier molecular flexibility index (Phi) is 53.0. The van der Waals surface area contributed by atoms with Crippen LogP contribution in [0.3, 0.4) is 0 Å². The molecule has 5 heteroatoms. The highest BCUT2D eigenvalue weighted by Gasteiger charge is 2.16. The summed E-state index contributed by atoms with van der Waals surface area (Å²) in [7, 11) is 0. The summed E-state index contributed by atoms with van der Waals surface area (Å²) in [6.07, 6.45) is 80.5. The molecule has 0 aliphatic heterocycles. The first-order valence-corrected chi connectivity index (χ1v) is 27.4. The van der Waals surface area contributed by atoms with Crippen molar-refractivity contribution in [3.05, 3.63) is 109 Å². The normalized spacial score (nSPS) is 13.1. The minimum absolute atomic E-state index is 0.0742. The average Bonchev–Trinajstić information content (AvgIpc) is 3.32. The van der Waals surface area contributed by atoms with Gasteiger partial charge in [-0.25, -0.2) is 0 Å². The molecular weight excluding hydrogens is 813 g/mol. The van der Waals surface area contributed by atoms with Gasteiger partial charge in [-0.05, 0) is 103 Å². The number of hydrogen-bond donors (Lipinski definition) is 1. The lowest BCUT2D eigenvalue weighted by Gasteiger charge is -2.15. The lowest BCUT2D eigenvalue weighted by atomic mass is 10.0. The zero-order valence-electron chi connectivity index (χ0n) is 42.9. The number of rotatable bonds is 49. The van der Waals surface area contributed by atoms with Crippen molar-refractivity contribution in [2.75, 3.05) is 13.2 Å². The summed E-state index contributed by atoms with van der Waals surface area (Å²) in [5.74, 6) is -0.604. The van der Waals surface area contributed by atoms with Crippen molar-refractivity contribution in [3.8, 4) is 0 Å². The van der Waals surface area contributed by atoms with Gasteiger partial charge in [0.15, 0.2) is 6.10 Å². The van der Waals surface area contributed by atoms with Crippen molar-refractivity contribution >= 4 is 11.9 Å². The summed E-state index contributed by atoms with van der Waals surface area (Å²) in [5, 5.41) is 9.63. The van der Waals surface area contributed by atoms with E-state index in [1.54, 1.807) is 0 Å². The molecule has 5 nitrogen and oxygen atoms in total. The Morgan fingerprint density at radius 1 is 0.364 bits per heavy atom. The smallest absolute Gasteiger partial charge is 0.306 e. The van der Waals surface area contributed by atoms with Crippen molar-refractivity contribution in [1.82, 2.24) is 0 Å². The molecular formula is C61H102O5. The molecule has 0 rings (SSSR count). The van der Waals surface area contributed by atoms with E-state index in [1.165, 1.54) is 122 Å². The largest absolute Gasteiger partial charge is 0.462 e. The minimum atomic E-state index is -0.781. The van der Waals surface area contributed by atoms with Crippen LogP contribution in [-0.2, 0) is 19.1 Å². The van der Waals surface area contributed by atoms with E-state index >= 15 is 0 Å². The van der Waals surface area contributed by atoms with Crippen molar-refractivity contribution < 1.29 is 24.2 Å². The number of allylic oxidation sites excluding steroid dienone is 18. The fourth-order valence-corrected chi connectivity index (χ4v) is 7.45. The van der Waals surface area contributed by atoms with Crippen LogP contribution in [-0.4, -0.2) is 36.4 Å². The summed E-state index contributed by atoms with van der Waals surface area (Å²) in [6.45, 7) is 4.01. The number of ether oxygens (including phenoxy) is 2. The fourth-order valence-electron chi connectivity index (χ4n) is 7.45. The van der Waals surface area contributed by atoms with Gasteiger partial charge in [-0.1, -0.05) is 239 Å². The Hall–Kier alpha value is -3.44. The fraction of sp³-hybridized carbons (Fsp3) is 0.672. The number of carbonyl (C=O) groups excluding carboxylic acids is 2. The molecule has 0 fully saturated rings. The molecule has 0 aromatic rings. The van der Waals surface area contributed by atoms with Gasteiger partial charge >= 0.3 is 11.9 Å². The average molecular weight is 915 g/mol. The minimum Gasteiger partial charge on any atom is -0.462 e.